The summed E-state index contributed by atoms with van der Waals surface area (Å²) in [5, 5.41) is 6.63. The van der Waals surface area contributed by atoms with E-state index < -0.39 is 0 Å². The largest absolute Gasteiger partial charge is 0.353 e. The fraction of sp³-hybridized carbons (Fsp3) is 0.933. The Morgan fingerprint density at radius 2 is 2.00 bits per heavy atom. The van der Waals surface area contributed by atoms with Gasteiger partial charge in [0.05, 0.1) is 0 Å². The van der Waals surface area contributed by atoms with Crippen LogP contribution in [-0.2, 0) is 4.79 Å². The molecule has 2 fully saturated rings. The van der Waals surface area contributed by atoms with Crippen molar-refractivity contribution in [1.29, 1.82) is 0 Å². The van der Waals surface area contributed by atoms with E-state index in [4.69, 9.17) is 0 Å². The molecule has 0 aromatic carbocycles. The smallest absolute Gasteiger partial charge is 0.220 e. The van der Waals surface area contributed by atoms with Gasteiger partial charge in [-0.05, 0) is 38.6 Å². The molecule has 104 valence electrons. The lowest BCUT2D eigenvalue weighted by molar-refractivity contribution is -0.122. The summed E-state index contributed by atoms with van der Waals surface area (Å²) in [6.07, 6.45) is 10.8. The number of rotatable bonds is 4. The summed E-state index contributed by atoms with van der Waals surface area (Å²) in [5.41, 5.74) is 0. The standard InChI is InChI=1S/C15H28N2O/c1-12-11-14(9-10-16-12)17-15(18)8-7-13-5-3-2-4-6-13/h12-14,16H,2-11H2,1H3,(H,17,18). The van der Waals surface area contributed by atoms with Crippen LogP contribution in [0.3, 0.4) is 0 Å². The van der Waals surface area contributed by atoms with Crippen LogP contribution in [0.15, 0.2) is 0 Å². The first-order chi connectivity index (χ1) is 8.74. The molecule has 1 saturated carbocycles. The first-order valence-electron chi connectivity index (χ1n) is 7.77. The third-order valence-electron chi connectivity index (χ3n) is 4.49. The zero-order valence-corrected chi connectivity index (χ0v) is 11.7. The Kier molecular flexibility index (Phi) is 5.48. The van der Waals surface area contributed by atoms with Crippen LogP contribution in [0, 0.1) is 5.92 Å². The maximum absolute atomic E-state index is 11.9. The van der Waals surface area contributed by atoms with Crippen LogP contribution in [-0.4, -0.2) is 24.5 Å². The average molecular weight is 252 g/mol. The van der Waals surface area contributed by atoms with Gasteiger partial charge in [-0.25, -0.2) is 0 Å². The van der Waals surface area contributed by atoms with Gasteiger partial charge in [0, 0.05) is 18.5 Å². The van der Waals surface area contributed by atoms with Crippen LogP contribution in [0.5, 0.6) is 0 Å². The summed E-state index contributed by atoms with van der Waals surface area (Å²) < 4.78 is 0. The number of hydrogen-bond donors (Lipinski definition) is 2. The molecule has 2 aliphatic rings. The fourth-order valence-electron chi connectivity index (χ4n) is 3.37. The maximum Gasteiger partial charge on any atom is 0.220 e. The molecule has 0 spiro atoms. The second kappa shape index (κ2) is 7.13. The highest BCUT2D eigenvalue weighted by molar-refractivity contribution is 5.76. The molecule has 18 heavy (non-hydrogen) atoms. The van der Waals surface area contributed by atoms with Crippen molar-refractivity contribution in [3.05, 3.63) is 0 Å². The Labute approximate surface area is 111 Å². The van der Waals surface area contributed by atoms with E-state index in [1.165, 1.54) is 32.1 Å². The molecule has 1 aliphatic heterocycles. The predicted molar refractivity (Wildman–Crippen MR) is 74.4 cm³/mol. The van der Waals surface area contributed by atoms with Gasteiger partial charge in [0.2, 0.25) is 5.91 Å². The Morgan fingerprint density at radius 1 is 1.22 bits per heavy atom. The Hall–Kier alpha value is -0.570. The van der Waals surface area contributed by atoms with Crippen molar-refractivity contribution >= 4 is 5.91 Å². The first-order valence-corrected chi connectivity index (χ1v) is 7.77. The average Bonchev–Trinajstić information content (AvgIpc) is 2.38. The van der Waals surface area contributed by atoms with Crippen LogP contribution in [0.4, 0.5) is 0 Å². The Balaban J connectivity index is 1.62. The van der Waals surface area contributed by atoms with Crippen LogP contribution in [0.1, 0.15) is 64.7 Å². The van der Waals surface area contributed by atoms with Crippen molar-refractivity contribution in [2.24, 2.45) is 5.92 Å². The van der Waals surface area contributed by atoms with Crippen LogP contribution >= 0.6 is 0 Å². The number of carbonyl (C=O) groups is 1. The quantitative estimate of drug-likeness (QED) is 0.807. The highest BCUT2D eigenvalue weighted by Gasteiger charge is 2.20. The third kappa shape index (κ3) is 4.60. The Morgan fingerprint density at radius 3 is 2.72 bits per heavy atom. The van der Waals surface area contributed by atoms with E-state index in [2.05, 4.69) is 17.6 Å². The van der Waals surface area contributed by atoms with Gasteiger partial charge in [-0.1, -0.05) is 32.1 Å². The van der Waals surface area contributed by atoms with Crippen LogP contribution in [0.2, 0.25) is 0 Å². The van der Waals surface area contributed by atoms with E-state index in [-0.39, 0.29) is 5.91 Å². The van der Waals surface area contributed by atoms with Crippen LogP contribution < -0.4 is 10.6 Å². The molecule has 0 aromatic heterocycles. The minimum Gasteiger partial charge on any atom is -0.353 e. The first kappa shape index (κ1) is 13.9. The lowest BCUT2D eigenvalue weighted by Gasteiger charge is -2.29. The second-order valence-electron chi connectivity index (χ2n) is 6.19. The second-order valence-corrected chi connectivity index (χ2v) is 6.19. The zero-order chi connectivity index (χ0) is 12.8. The maximum atomic E-state index is 11.9. The van der Waals surface area contributed by atoms with Crippen molar-refractivity contribution < 1.29 is 4.79 Å². The summed E-state index contributed by atoms with van der Waals surface area (Å²) >= 11 is 0. The van der Waals surface area contributed by atoms with E-state index in [1.54, 1.807) is 0 Å². The topological polar surface area (TPSA) is 41.1 Å². The van der Waals surface area contributed by atoms with Gasteiger partial charge in [-0.15, -0.1) is 0 Å². The van der Waals surface area contributed by atoms with Gasteiger partial charge >= 0.3 is 0 Å². The highest BCUT2D eigenvalue weighted by Crippen LogP contribution is 2.27. The lowest BCUT2D eigenvalue weighted by atomic mass is 9.86. The molecular formula is C15H28N2O. The van der Waals surface area contributed by atoms with E-state index in [0.29, 0.717) is 12.1 Å². The normalized spacial score (nSPS) is 30.1. The molecule has 1 amide bonds. The van der Waals surface area contributed by atoms with Gasteiger partial charge < -0.3 is 10.6 Å². The molecule has 1 heterocycles. The number of nitrogens with one attached hydrogen (secondary N) is 2. The van der Waals surface area contributed by atoms with E-state index in [9.17, 15) is 4.79 Å². The predicted octanol–water partition coefficient (Wildman–Crippen LogP) is 2.60. The van der Waals surface area contributed by atoms with Gasteiger partial charge in [-0.2, -0.15) is 0 Å². The molecule has 2 unspecified atom stereocenters. The molecule has 2 atom stereocenters. The molecular weight excluding hydrogens is 224 g/mol. The van der Waals surface area contributed by atoms with Gasteiger partial charge in [0.1, 0.15) is 0 Å². The number of piperidine rings is 1. The molecule has 1 aliphatic carbocycles. The third-order valence-corrected chi connectivity index (χ3v) is 4.49. The lowest BCUT2D eigenvalue weighted by Crippen LogP contribution is -2.46. The minimum atomic E-state index is 0.277. The SMILES string of the molecule is CC1CC(NC(=O)CCC2CCCCC2)CCN1. The molecule has 0 bridgehead atoms. The van der Waals surface area contributed by atoms with E-state index in [1.807, 2.05) is 0 Å². The minimum absolute atomic E-state index is 0.277. The molecule has 3 nitrogen and oxygen atoms in total. The van der Waals surface area contributed by atoms with E-state index in [0.717, 1.165) is 38.1 Å². The monoisotopic (exact) mass is 252 g/mol. The highest BCUT2D eigenvalue weighted by atomic mass is 16.1. The summed E-state index contributed by atoms with van der Waals surface area (Å²) in [7, 11) is 0. The molecule has 0 aromatic rings. The van der Waals surface area contributed by atoms with Crippen molar-refractivity contribution in [3.8, 4) is 0 Å². The van der Waals surface area contributed by atoms with Gasteiger partial charge in [0.15, 0.2) is 0 Å². The molecule has 0 radical (unpaired) electrons. The van der Waals surface area contributed by atoms with Crippen molar-refractivity contribution in [2.75, 3.05) is 6.54 Å². The zero-order valence-electron chi connectivity index (χ0n) is 11.7. The number of hydrogen-bond acceptors (Lipinski definition) is 2. The summed E-state index contributed by atoms with van der Waals surface area (Å²) in [6.45, 7) is 3.23. The van der Waals surface area contributed by atoms with Crippen molar-refractivity contribution in [3.63, 3.8) is 0 Å². The number of carbonyl (C=O) groups excluding carboxylic acids is 1. The van der Waals surface area contributed by atoms with Crippen molar-refractivity contribution in [2.45, 2.75) is 76.8 Å². The molecule has 1 saturated heterocycles. The van der Waals surface area contributed by atoms with Gasteiger partial charge in [-0.3, -0.25) is 4.79 Å². The molecule has 3 heteroatoms. The summed E-state index contributed by atoms with van der Waals surface area (Å²) in [5.74, 6) is 1.09. The van der Waals surface area contributed by atoms with E-state index >= 15 is 0 Å². The molecule has 2 rings (SSSR count). The Bertz CT molecular complexity index is 261. The van der Waals surface area contributed by atoms with Crippen LogP contribution in [0.25, 0.3) is 0 Å². The van der Waals surface area contributed by atoms with Gasteiger partial charge in [0.25, 0.3) is 0 Å². The molecule has 2 N–H and O–H groups in total. The number of amides is 1. The summed E-state index contributed by atoms with van der Waals surface area (Å²) in [4.78, 5) is 11.9. The fourth-order valence-corrected chi connectivity index (χ4v) is 3.37. The van der Waals surface area contributed by atoms with Crippen molar-refractivity contribution in [1.82, 2.24) is 10.6 Å². The summed E-state index contributed by atoms with van der Waals surface area (Å²) in [6, 6.07) is 0.947.